The lowest BCUT2D eigenvalue weighted by Gasteiger charge is -2.48. The summed E-state index contributed by atoms with van der Waals surface area (Å²) < 4.78 is 63.9. The van der Waals surface area contributed by atoms with Gasteiger partial charge in [-0.15, -0.1) is 0 Å². The van der Waals surface area contributed by atoms with E-state index in [2.05, 4.69) is 42.5 Å². The van der Waals surface area contributed by atoms with E-state index in [1.165, 1.54) is 19.9 Å². The van der Waals surface area contributed by atoms with Crippen LogP contribution in [0, 0.1) is 5.92 Å². The summed E-state index contributed by atoms with van der Waals surface area (Å²) in [6, 6.07) is 9.96. The molecule has 11 bridgehead atoms. The number of primary amides is 1. The summed E-state index contributed by atoms with van der Waals surface area (Å²) in [6.07, 6.45) is -23.7. The number of amides is 9. The summed E-state index contributed by atoms with van der Waals surface area (Å²) >= 11 is 21.0. The molecule has 3 fully saturated rings. The average molecular weight is 2120 g/mol. The van der Waals surface area contributed by atoms with Crippen LogP contribution in [0.1, 0.15) is 169 Å². The number of aliphatic carboxylic acids is 1. The van der Waals surface area contributed by atoms with Crippen LogP contribution in [0.2, 0.25) is 15.1 Å². The van der Waals surface area contributed by atoms with Crippen molar-refractivity contribution in [3.05, 3.63) is 176 Å². The summed E-state index contributed by atoms with van der Waals surface area (Å²) in [7, 11) is 1.11. The van der Waals surface area contributed by atoms with Gasteiger partial charge in [-0.05, 0) is 191 Å². The molecule has 15 rings (SSSR count). The van der Waals surface area contributed by atoms with Gasteiger partial charge in [0.05, 0.1) is 53.5 Å². The van der Waals surface area contributed by atoms with Crippen LogP contribution < -0.4 is 85.4 Å². The molecule has 0 spiro atoms. The minimum absolute atomic E-state index is 0.0315. The number of hydrogen-bond donors (Lipinski definition) is 23. The summed E-state index contributed by atoms with van der Waals surface area (Å²) in [6.45, 7) is 8.04. The van der Waals surface area contributed by atoms with E-state index in [0.717, 1.165) is 101 Å². The number of carbonyl (C=O) groups excluding carboxylic acids is 10. The molecule has 8 aliphatic heterocycles. The number of nitrogens with two attached hydrogens (primary N) is 5. The molecule has 48 heteroatoms. The van der Waals surface area contributed by atoms with Crippen molar-refractivity contribution in [2.24, 2.45) is 34.6 Å². The van der Waals surface area contributed by atoms with Gasteiger partial charge in [0.25, 0.3) is 0 Å². The molecule has 148 heavy (non-hydrogen) atoms. The van der Waals surface area contributed by atoms with Gasteiger partial charge in [-0.1, -0.05) is 110 Å². The van der Waals surface area contributed by atoms with Gasteiger partial charge in [-0.2, -0.15) is 0 Å². The number of phenolic OH excluding ortho intramolecular Hbond substituents is 3. The summed E-state index contributed by atoms with van der Waals surface area (Å²) in [5.41, 5.74) is 26.6. The normalized spacial score (nSPS) is 27.2. The number of ether oxygens (including phenoxy) is 10. The Kier molecular flexibility index (Phi) is 37.2. The molecule has 3 saturated heterocycles. The number of carboxylic acid groups (broad SMARTS) is 1. The standard InChI is InChI=1S/C100H123Cl3N14O31/c1-44(2)30-63(117(7)98(138)140-43-139-96(137)61(13-9-11-29-105)110-88(128)60(106)12-8-10-28-104)90(130)115-78-80(123)51-21-26-66(58(102)32-51)143-68-34-53-35-69(84(68)148-97-85(82(125)81(124)70(42-118)145-97)147-73-40-100(6,87(127)46(4)142-73)109-41-47-14-16-48(17-15-47)49-18-23-54(101)24-19-49)144-67-27-22-52(33-59(67)103)83(146-72-39-99(5,108)86(126)45(3)141-72)79-94(134)114-77(95(135)136)57-36-55(119)37-65(121)74(57)56-31-50(20-25-64(56)120)75(91(131)116-79)113-92(132)76(53)112-89(129)62(38-71(107)122)111-93(78)133/h14-27,31-37,44-46,60-63,70,72-73,75-83,85-87,97,109,118-121,123-127H,8-13,28-30,38-43,104-106,108H2,1-7H3,(H2,107,122)(H,110,128)(H,111,133)(H,112,129)(H,113,132)(H,114,134)(H,115,130)(H,116,131)(H,135,136)/t45-,46-,60+,61-,62-,63+,70+,72-,73-,75+,76+,77-,78+,79-,80+,81+,82-,83+,85+,86-,87-,97?,99-,100-/m0/s1. The third kappa shape index (κ3) is 26.7. The molecule has 7 aromatic rings. The van der Waals surface area contributed by atoms with Gasteiger partial charge < -0.3 is 170 Å². The van der Waals surface area contributed by atoms with Crippen LogP contribution in [0.4, 0.5) is 4.79 Å². The molecule has 1 unspecified atom stereocenters. The van der Waals surface area contributed by atoms with Gasteiger partial charge in [0.15, 0.2) is 36.2 Å². The first-order chi connectivity index (χ1) is 70.2. The summed E-state index contributed by atoms with van der Waals surface area (Å²) in [4.78, 5) is 166. The second kappa shape index (κ2) is 48.9. The van der Waals surface area contributed by atoms with Crippen LogP contribution in [0.15, 0.2) is 127 Å². The number of nitrogens with zero attached hydrogens (tertiary/aromatic N) is 1. The highest BCUT2D eigenvalue weighted by molar-refractivity contribution is 6.32. The highest BCUT2D eigenvalue weighted by Gasteiger charge is 2.54. The maximum atomic E-state index is 16.8. The van der Waals surface area contributed by atoms with Gasteiger partial charge in [0, 0.05) is 65.3 Å². The minimum Gasteiger partial charge on any atom is -0.508 e. The van der Waals surface area contributed by atoms with Gasteiger partial charge in [-0.3, -0.25) is 43.3 Å². The highest BCUT2D eigenvalue weighted by atomic mass is 35.5. The average Bonchev–Trinajstić information content (AvgIpc) is 0.819. The van der Waals surface area contributed by atoms with Crippen LogP contribution in [0.25, 0.3) is 22.3 Å². The zero-order chi connectivity index (χ0) is 108. The van der Waals surface area contributed by atoms with Gasteiger partial charge in [-0.25, -0.2) is 14.4 Å². The van der Waals surface area contributed by atoms with Crippen LogP contribution in [0.3, 0.4) is 0 Å². The molecule has 28 N–H and O–H groups in total. The van der Waals surface area contributed by atoms with Crippen LogP contribution in [0.5, 0.6) is 46.0 Å². The van der Waals surface area contributed by atoms with Crippen LogP contribution in [-0.2, 0) is 87.6 Å². The highest BCUT2D eigenvalue weighted by Crippen LogP contribution is 2.51. The summed E-state index contributed by atoms with van der Waals surface area (Å²) in [5, 5.41) is 139. The SMILES string of the molecule is CC(C)C[C@H](C(=O)N[C@H]1C(=O)N[C@@H](CC(N)=O)C(=O)N[C@H]2C(=O)N[C@H]3C(=O)N[C@H](C(=O)N[C@H](C(=O)O)c4cc(O)cc(O)c4-c4cc3ccc4O)[C@H](O[C@H]3C[C@](C)(N)[C@@H](O)[C@H](C)O3)c3ccc(c(Cl)c3)Oc3cc2cc(c3OC2O[C@H](CO)[C@@H](O)[C@H](O)[C@H]2O[C@H]2C[C@](C)(NCc3ccc(-c4ccc(Cl)cc4)cc3)[C@@H](O)[C@H](C)O2)Oc2ccc(cc2Cl)[C@H]1O)N(C)C(=O)OCOC(=O)[C@H](CCCCN)NC(=O)[C@H](N)CCCCN. The maximum absolute atomic E-state index is 16.8. The number of carboxylic acids is 1. The molecule has 0 aliphatic carbocycles. The van der Waals surface area contributed by atoms with Crippen molar-refractivity contribution in [3.8, 4) is 68.2 Å². The number of hydrogen-bond acceptors (Lipinski definition) is 35. The summed E-state index contributed by atoms with van der Waals surface area (Å²) in [5.74, 6) is -19.7. The number of likely N-dealkylation sites (N-methyl/N-ethyl adjacent to an activating group) is 1. The second-order valence-electron chi connectivity index (χ2n) is 38.2. The number of rotatable bonds is 32. The topological polar surface area (TPSA) is 712 Å². The fraction of sp³-hybridized carbons (Fsp3) is 0.470. The lowest BCUT2D eigenvalue weighted by molar-refractivity contribution is -0.334. The number of phenols is 3. The van der Waals surface area contributed by atoms with Crippen molar-refractivity contribution in [2.45, 2.75) is 258 Å². The molecule has 24 atom stereocenters. The minimum atomic E-state index is -2.51. The number of halogens is 3. The third-order valence-electron chi connectivity index (χ3n) is 26.5. The number of carbonyl (C=O) groups is 11. The number of esters is 1. The smallest absolute Gasteiger partial charge is 0.413 e. The number of aliphatic hydroxyl groups excluding tert-OH is 6. The van der Waals surface area contributed by atoms with Crippen LogP contribution >= 0.6 is 34.8 Å². The van der Waals surface area contributed by atoms with Crippen molar-refractivity contribution < 1.29 is 151 Å². The quantitative estimate of drug-likeness (QED) is 0.0161. The van der Waals surface area contributed by atoms with Crippen LogP contribution in [-0.4, -0.2) is 270 Å². The van der Waals surface area contributed by atoms with Gasteiger partial charge >= 0.3 is 18.0 Å². The number of unbranched alkanes of at least 4 members (excludes halogenated alkanes) is 2. The Hall–Kier alpha value is -12.5. The van der Waals surface area contributed by atoms with Crippen molar-refractivity contribution in [1.82, 2.24) is 47.4 Å². The molecule has 0 radical (unpaired) electrons. The van der Waals surface area contributed by atoms with E-state index in [1.807, 2.05) is 36.4 Å². The van der Waals surface area contributed by atoms with E-state index < -0.39 is 320 Å². The van der Waals surface area contributed by atoms with Crippen molar-refractivity contribution >= 4 is 100 Å². The molecule has 7 aromatic carbocycles. The first-order valence-electron chi connectivity index (χ1n) is 47.9. The molecule has 0 saturated carbocycles. The van der Waals surface area contributed by atoms with Crippen molar-refractivity contribution in [3.63, 3.8) is 0 Å². The maximum Gasteiger partial charge on any atom is 0.413 e. The van der Waals surface area contributed by atoms with E-state index in [0.29, 0.717) is 37.3 Å². The molecule has 800 valence electrons. The molecule has 9 amide bonds. The van der Waals surface area contributed by atoms with E-state index in [-0.39, 0.29) is 56.3 Å². The Morgan fingerprint density at radius 2 is 1.22 bits per heavy atom. The first-order valence-corrected chi connectivity index (χ1v) is 49.0. The first kappa shape index (κ1) is 113. The zero-order valence-corrected chi connectivity index (χ0v) is 83.8. The van der Waals surface area contributed by atoms with Crippen molar-refractivity contribution in [2.75, 3.05) is 33.5 Å². The molecular weight excluding hydrogens is 2000 g/mol. The van der Waals surface area contributed by atoms with E-state index in [9.17, 15) is 75.0 Å². The molecule has 45 nitrogen and oxygen atoms in total. The molecule has 8 heterocycles. The van der Waals surface area contributed by atoms with E-state index in [4.69, 9.17) is 111 Å². The largest absolute Gasteiger partial charge is 0.508 e. The number of fused-ring (bicyclic) bond motifs is 15. The predicted octanol–water partition coefficient (Wildman–Crippen LogP) is 3.92. The molecule has 0 aromatic heterocycles. The Morgan fingerprint density at radius 3 is 1.83 bits per heavy atom. The van der Waals surface area contributed by atoms with Crippen molar-refractivity contribution in [1.29, 1.82) is 0 Å². The number of aliphatic hydroxyl groups is 6. The monoisotopic (exact) mass is 2120 g/mol. The number of benzene rings is 7. The lowest BCUT2D eigenvalue weighted by atomic mass is 9.84. The number of aromatic hydroxyl groups is 3. The fourth-order valence-electron chi connectivity index (χ4n) is 18.3. The second-order valence-corrected chi connectivity index (χ2v) is 39.5. The third-order valence-corrected chi connectivity index (χ3v) is 27.4. The molecule has 8 aliphatic rings. The Morgan fingerprint density at radius 1 is 0.622 bits per heavy atom. The Balaban J connectivity index is 0.962. The predicted molar refractivity (Wildman–Crippen MR) is 527 cm³/mol. The Bertz CT molecular complexity index is 6020. The Labute approximate surface area is 864 Å². The molecular formula is C100H123Cl3N14O31. The zero-order valence-electron chi connectivity index (χ0n) is 81.5. The van der Waals surface area contributed by atoms with E-state index in [1.54, 1.807) is 39.8 Å². The lowest BCUT2D eigenvalue weighted by Crippen LogP contribution is -2.65. The number of nitrogens with one attached hydrogen (secondary N) is 8. The van der Waals surface area contributed by atoms with Gasteiger partial charge in [0.1, 0.15) is 102 Å². The fourth-order valence-corrected chi connectivity index (χ4v) is 18.9. The van der Waals surface area contributed by atoms with E-state index >= 15 is 28.8 Å². The van der Waals surface area contributed by atoms with Gasteiger partial charge in [0.2, 0.25) is 66.1 Å².